The second-order valence-electron chi connectivity index (χ2n) is 4.14. The van der Waals surface area contributed by atoms with E-state index in [-0.39, 0.29) is 5.41 Å². The Morgan fingerprint density at radius 2 is 2.09 bits per heavy atom. The Balaban J connectivity index is 2.94. The van der Waals surface area contributed by atoms with Gasteiger partial charge in [-0.25, -0.2) is 4.79 Å². The molecular formula is C10H14O. The van der Waals surface area contributed by atoms with Crippen molar-refractivity contribution in [1.82, 2.24) is 0 Å². The van der Waals surface area contributed by atoms with Gasteiger partial charge in [0.15, 0.2) is 0 Å². The zero-order chi connectivity index (χ0) is 8.48. The molecule has 0 spiro atoms. The zero-order valence-electron chi connectivity index (χ0n) is 7.40. The summed E-state index contributed by atoms with van der Waals surface area (Å²) in [7, 11) is 0. The van der Waals surface area contributed by atoms with E-state index in [1.54, 1.807) is 0 Å². The molecule has 1 heteroatoms. The van der Waals surface area contributed by atoms with Gasteiger partial charge in [0, 0.05) is 5.57 Å². The first-order valence-electron chi connectivity index (χ1n) is 3.95. The van der Waals surface area contributed by atoms with Crippen LogP contribution in [0, 0.1) is 5.41 Å². The average Bonchev–Trinajstić information content (AvgIpc) is 1.83. The van der Waals surface area contributed by atoms with Gasteiger partial charge in [-0.1, -0.05) is 19.4 Å². The lowest BCUT2D eigenvalue weighted by Crippen LogP contribution is -2.16. The molecular weight excluding hydrogens is 136 g/mol. The number of carbonyl (C=O) groups excluding carboxylic acids is 1. The van der Waals surface area contributed by atoms with Gasteiger partial charge in [0.05, 0.1) is 0 Å². The van der Waals surface area contributed by atoms with Crippen LogP contribution in [0.4, 0.5) is 0 Å². The Hall–Kier alpha value is -0.810. The van der Waals surface area contributed by atoms with Gasteiger partial charge < -0.3 is 0 Å². The van der Waals surface area contributed by atoms with Crippen molar-refractivity contribution in [1.29, 1.82) is 0 Å². The summed E-state index contributed by atoms with van der Waals surface area (Å²) in [6.07, 6.45) is 3.92. The van der Waals surface area contributed by atoms with Gasteiger partial charge in [0.25, 0.3) is 0 Å². The molecule has 1 aliphatic carbocycles. The number of hydrogen-bond acceptors (Lipinski definition) is 1. The Labute approximate surface area is 67.8 Å². The van der Waals surface area contributed by atoms with Crippen molar-refractivity contribution in [2.75, 3.05) is 0 Å². The van der Waals surface area contributed by atoms with Crippen molar-refractivity contribution in [3.8, 4) is 0 Å². The molecule has 60 valence electrons. The average molecular weight is 150 g/mol. The number of hydrogen-bond donors (Lipinski definition) is 0. The summed E-state index contributed by atoms with van der Waals surface area (Å²) in [5.74, 6) is 1.98. The Kier molecular flexibility index (Phi) is 2.01. The van der Waals surface area contributed by atoms with Crippen LogP contribution in [-0.4, -0.2) is 5.94 Å². The summed E-state index contributed by atoms with van der Waals surface area (Å²) in [5, 5.41) is 0. The standard InChI is InChI=1S/C10H14O/c1-8-4-9(7-11)6-10(2,3)5-8/h4H,5-6H2,1-3H3. The molecule has 1 aliphatic rings. The lowest BCUT2D eigenvalue weighted by Gasteiger charge is -2.28. The number of rotatable bonds is 0. The van der Waals surface area contributed by atoms with Crippen molar-refractivity contribution >= 4 is 5.94 Å². The first kappa shape index (κ1) is 8.29. The molecule has 0 heterocycles. The molecule has 0 atom stereocenters. The van der Waals surface area contributed by atoms with E-state index in [1.807, 2.05) is 12.0 Å². The maximum absolute atomic E-state index is 10.4. The highest BCUT2D eigenvalue weighted by Crippen LogP contribution is 2.36. The minimum Gasteiger partial charge on any atom is -0.233 e. The normalized spacial score (nSPS) is 22.5. The summed E-state index contributed by atoms with van der Waals surface area (Å²) in [4.78, 5) is 10.4. The minimum atomic E-state index is 0.256. The van der Waals surface area contributed by atoms with E-state index in [1.165, 1.54) is 5.57 Å². The van der Waals surface area contributed by atoms with Crippen molar-refractivity contribution < 1.29 is 4.79 Å². The van der Waals surface area contributed by atoms with Gasteiger partial charge in [-0.15, -0.1) is 0 Å². The first-order valence-corrected chi connectivity index (χ1v) is 3.95. The molecule has 0 aromatic heterocycles. The van der Waals surface area contributed by atoms with Crippen LogP contribution >= 0.6 is 0 Å². The molecule has 0 saturated heterocycles. The van der Waals surface area contributed by atoms with Crippen LogP contribution in [0.15, 0.2) is 17.2 Å². The highest BCUT2D eigenvalue weighted by Gasteiger charge is 2.23. The zero-order valence-corrected chi connectivity index (χ0v) is 7.40. The summed E-state index contributed by atoms with van der Waals surface area (Å²) >= 11 is 0. The molecule has 0 bridgehead atoms. The van der Waals surface area contributed by atoms with Gasteiger partial charge in [0.2, 0.25) is 0 Å². The lowest BCUT2D eigenvalue weighted by molar-refractivity contribution is 0.352. The van der Waals surface area contributed by atoms with E-state index < -0.39 is 0 Å². The molecule has 0 unspecified atom stereocenters. The predicted molar refractivity (Wildman–Crippen MR) is 46.0 cm³/mol. The molecule has 1 rings (SSSR count). The smallest absolute Gasteiger partial charge is 0.127 e. The summed E-state index contributed by atoms with van der Waals surface area (Å²) < 4.78 is 0. The van der Waals surface area contributed by atoms with Crippen LogP contribution < -0.4 is 0 Å². The molecule has 0 fully saturated rings. The summed E-state index contributed by atoms with van der Waals surface area (Å²) in [5.41, 5.74) is 2.37. The largest absolute Gasteiger partial charge is 0.233 e. The van der Waals surface area contributed by atoms with Crippen molar-refractivity contribution in [3.63, 3.8) is 0 Å². The Morgan fingerprint density at radius 3 is 2.55 bits per heavy atom. The third kappa shape index (κ3) is 2.06. The monoisotopic (exact) mass is 150 g/mol. The molecule has 0 N–H and O–H groups in total. The SMILES string of the molecule is CC1=CC(=C=O)CC(C)(C)C1. The van der Waals surface area contributed by atoms with E-state index in [9.17, 15) is 4.79 Å². The molecule has 0 radical (unpaired) electrons. The van der Waals surface area contributed by atoms with Crippen LogP contribution in [0.5, 0.6) is 0 Å². The molecule has 0 aromatic carbocycles. The molecule has 0 amide bonds. The molecule has 1 nitrogen and oxygen atoms in total. The maximum Gasteiger partial charge on any atom is 0.127 e. The third-order valence-electron chi connectivity index (χ3n) is 1.98. The molecule has 0 saturated carbocycles. The number of allylic oxidation sites excluding steroid dienone is 3. The van der Waals surface area contributed by atoms with Crippen molar-refractivity contribution in [2.24, 2.45) is 5.41 Å². The quantitative estimate of drug-likeness (QED) is 0.485. The Morgan fingerprint density at radius 1 is 1.45 bits per heavy atom. The van der Waals surface area contributed by atoms with Crippen LogP contribution in [0.2, 0.25) is 0 Å². The van der Waals surface area contributed by atoms with E-state index in [4.69, 9.17) is 0 Å². The highest BCUT2D eigenvalue weighted by atomic mass is 16.1. The van der Waals surface area contributed by atoms with Gasteiger partial charge in [-0.3, -0.25) is 0 Å². The third-order valence-corrected chi connectivity index (χ3v) is 1.98. The van der Waals surface area contributed by atoms with Crippen LogP contribution in [-0.2, 0) is 4.79 Å². The Bertz CT molecular complexity index is 240. The highest BCUT2D eigenvalue weighted by molar-refractivity contribution is 5.58. The first-order chi connectivity index (χ1) is 5.03. The van der Waals surface area contributed by atoms with E-state index in [0.29, 0.717) is 0 Å². The summed E-state index contributed by atoms with van der Waals surface area (Å²) in [6.45, 7) is 6.43. The van der Waals surface area contributed by atoms with E-state index in [2.05, 4.69) is 20.8 Å². The van der Waals surface area contributed by atoms with Gasteiger partial charge in [-0.05, 0) is 31.3 Å². The topological polar surface area (TPSA) is 17.1 Å². The second-order valence-corrected chi connectivity index (χ2v) is 4.14. The second kappa shape index (κ2) is 2.67. The van der Waals surface area contributed by atoms with Crippen molar-refractivity contribution in [3.05, 3.63) is 17.2 Å². The maximum atomic E-state index is 10.4. The minimum absolute atomic E-state index is 0.256. The van der Waals surface area contributed by atoms with Crippen LogP contribution in [0.1, 0.15) is 33.6 Å². The fourth-order valence-electron chi connectivity index (χ4n) is 1.80. The van der Waals surface area contributed by atoms with E-state index in [0.717, 1.165) is 18.4 Å². The fraction of sp³-hybridized carbons (Fsp3) is 0.600. The summed E-state index contributed by atoms with van der Waals surface area (Å²) in [6, 6.07) is 0. The van der Waals surface area contributed by atoms with Crippen LogP contribution in [0.3, 0.4) is 0 Å². The van der Waals surface area contributed by atoms with Crippen molar-refractivity contribution in [2.45, 2.75) is 33.6 Å². The molecule has 0 aromatic rings. The van der Waals surface area contributed by atoms with Gasteiger partial charge in [-0.2, -0.15) is 0 Å². The van der Waals surface area contributed by atoms with Crippen LogP contribution in [0.25, 0.3) is 0 Å². The predicted octanol–water partition coefficient (Wildman–Crippen LogP) is 2.51. The lowest BCUT2D eigenvalue weighted by atomic mass is 9.76. The van der Waals surface area contributed by atoms with Gasteiger partial charge in [0.1, 0.15) is 5.94 Å². The van der Waals surface area contributed by atoms with E-state index >= 15 is 0 Å². The molecule has 11 heavy (non-hydrogen) atoms. The molecule has 0 aliphatic heterocycles. The fourth-order valence-corrected chi connectivity index (χ4v) is 1.80. The van der Waals surface area contributed by atoms with Gasteiger partial charge >= 0.3 is 0 Å².